The minimum absolute atomic E-state index is 0.367. The second kappa shape index (κ2) is 7.13. The van der Waals surface area contributed by atoms with Gasteiger partial charge in [-0.05, 0) is 37.5 Å². The number of carbonyl (C=O) groups excluding carboxylic acids is 1. The van der Waals surface area contributed by atoms with Crippen LogP contribution in [0.15, 0.2) is 18.2 Å². The molecule has 0 radical (unpaired) electrons. The molecule has 1 aromatic carbocycles. The SMILES string of the molecule is COc1ccc(C(=O)NN2CCCCC2C(=O)O)cc1OC. The number of hydrogen-bond donors (Lipinski definition) is 2. The third-order valence-corrected chi connectivity index (χ3v) is 3.68. The molecule has 22 heavy (non-hydrogen) atoms. The highest BCUT2D eigenvalue weighted by atomic mass is 16.5. The maximum atomic E-state index is 12.3. The van der Waals surface area contributed by atoms with Gasteiger partial charge < -0.3 is 14.6 Å². The number of benzene rings is 1. The summed E-state index contributed by atoms with van der Waals surface area (Å²) in [5.41, 5.74) is 3.05. The minimum atomic E-state index is -0.924. The molecule has 1 aliphatic heterocycles. The fourth-order valence-electron chi connectivity index (χ4n) is 2.49. The van der Waals surface area contributed by atoms with E-state index in [0.29, 0.717) is 30.0 Å². The third kappa shape index (κ3) is 3.48. The highest BCUT2D eigenvalue weighted by molar-refractivity contribution is 5.94. The molecule has 2 rings (SSSR count). The fraction of sp³-hybridized carbons (Fsp3) is 0.467. The van der Waals surface area contributed by atoms with E-state index in [2.05, 4.69) is 5.43 Å². The molecule has 1 amide bonds. The monoisotopic (exact) mass is 308 g/mol. The Hall–Kier alpha value is -2.28. The summed E-state index contributed by atoms with van der Waals surface area (Å²) in [6, 6.07) is 4.13. The molecule has 1 heterocycles. The molecule has 0 bridgehead atoms. The first-order chi connectivity index (χ1) is 10.6. The lowest BCUT2D eigenvalue weighted by Gasteiger charge is -2.32. The maximum Gasteiger partial charge on any atom is 0.322 e. The minimum Gasteiger partial charge on any atom is -0.493 e. The summed E-state index contributed by atoms with van der Waals surface area (Å²) in [5, 5.41) is 10.7. The van der Waals surface area contributed by atoms with Gasteiger partial charge in [0, 0.05) is 12.1 Å². The first kappa shape index (κ1) is 16.1. The molecule has 7 nitrogen and oxygen atoms in total. The molecule has 0 spiro atoms. The van der Waals surface area contributed by atoms with E-state index in [1.54, 1.807) is 18.2 Å². The number of ether oxygens (including phenoxy) is 2. The molecule has 1 aromatic rings. The van der Waals surface area contributed by atoms with Crippen LogP contribution in [0.5, 0.6) is 11.5 Å². The molecule has 1 atom stereocenters. The van der Waals surface area contributed by atoms with Gasteiger partial charge in [-0.3, -0.25) is 15.0 Å². The number of hydrogen-bond acceptors (Lipinski definition) is 5. The van der Waals surface area contributed by atoms with Gasteiger partial charge >= 0.3 is 5.97 Å². The zero-order chi connectivity index (χ0) is 16.1. The van der Waals surface area contributed by atoms with Crippen LogP contribution in [0.1, 0.15) is 29.6 Å². The van der Waals surface area contributed by atoms with Gasteiger partial charge in [0.25, 0.3) is 5.91 Å². The van der Waals surface area contributed by atoms with Crippen molar-refractivity contribution in [2.24, 2.45) is 0 Å². The highest BCUT2D eigenvalue weighted by Gasteiger charge is 2.29. The van der Waals surface area contributed by atoms with E-state index in [9.17, 15) is 14.7 Å². The Labute approximate surface area is 128 Å². The Morgan fingerprint density at radius 2 is 1.95 bits per heavy atom. The Balaban J connectivity index is 2.12. The van der Waals surface area contributed by atoms with Crippen LogP contribution >= 0.6 is 0 Å². The summed E-state index contributed by atoms with van der Waals surface area (Å²) in [4.78, 5) is 23.5. The number of piperidine rings is 1. The van der Waals surface area contributed by atoms with E-state index in [0.717, 1.165) is 12.8 Å². The summed E-state index contributed by atoms with van der Waals surface area (Å²) in [5.74, 6) is -0.314. The average Bonchev–Trinajstić information content (AvgIpc) is 2.54. The second-order valence-electron chi connectivity index (χ2n) is 5.05. The molecule has 1 aliphatic rings. The van der Waals surface area contributed by atoms with Crippen molar-refractivity contribution >= 4 is 11.9 Å². The van der Waals surface area contributed by atoms with E-state index in [-0.39, 0.29) is 5.91 Å². The van der Waals surface area contributed by atoms with Crippen LogP contribution in [0.25, 0.3) is 0 Å². The lowest BCUT2D eigenvalue weighted by Crippen LogP contribution is -2.54. The smallest absolute Gasteiger partial charge is 0.322 e. The van der Waals surface area contributed by atoms with Crippen LogP contribution in [0.2, 0.25) is 0 Å². The zero-order valence-corrected chi connectivity index (χ0v) is 12.7. The van der Waals surface area contributed by atoms with Crippen molar-refractivity contribution < 1.29 is 24.2 Å². The van der Waals surface area contributed by atoms with Crippen LogP contribution in [0.4, 0.5) is 0 Å². The fourth-order valence-corrected chi connectivity index (χ4v) is 2.49. The molecule has 1 unspecified atom stereocenters. The number of rotatable bonds is 5. The van der Waals surface area contributed by atoms with Gasteiger partial charge in [-0.25, -0.2) is 5.01 Å². The third-order valence-electron chi connectivity index (χ3n) is 3.68. The van der Waals surface area contributed by atoms with Crippen molar-refractivity contribution in [3.8, 4) is 11.5 Å². The van der Waals surface area contributed by atoms with Crippen LogP contribution in [-0.4, -0.2) is 48.8 Å². The number of amides is 1. The molecule has 1 fully saturated rings. The van der Waals surface area contributed by atoms with E-state index < -0.39 is 12.0 Å². The number of methoxy groups -OCH3 is 2. The summed E-state index contributed by atoms with van der Waals surface area (Å²) < 4.78 is 10.3. The Bertz CT molecular complexity index is 561. The first-order valence-corrected chi connectivity index (χ1v) is 7.09. The quantitative estimate of drug-likeness (QED) is 0.852. The lowest BCUT2D eigenvalue weighted by molar-refractivity contribution is -0.145. The lowest BCUT2D eigenvalue weighted by atomic mass is 10.0. The summed E-state index contributed by atoms with van der Waals surface area (Å²) in [6.07, 6.45) is 2.23. The van der Waals surface area contributed by atoms with Crippen molar-refractivity contribution in [1.29, 1.82) is 0 Å². The Kier molecular flexibility index (Phi) is 5.21. The summed E-state index contributed by atoms with van der Waals surface area (Å²) >= 11 is 0. The zero-order valence-electron chi connectivity index (χ0n) is 12.7. The summed E-state index contributed by atoms with van der Waals surface area (Å²) in [7, 11) is 3.01. The average molecular weight is 308 g/mol. The second-order valence-corrected chi connectivity index (χ2v) is 5.05. The van der Waals surface area contributed by atoms with Crippen molar-refractivity contribution in [2.45, 2.75) is 25.3 Å². The van der Waals surface area contributed by atoms with Gasteiger partial charge in [0.1, 0.15) is 6.04 Å². The van der Waals surface area contributed by atoms with Gasteiger partial charge in [-0.2, -0.15) is 0 Å². The van der Waals surface area contributed by atoms with Crippen molar-refractivity contribution in [3.05, 3.63) is 23.8 Å². The molecular weight excluding hydrogens is 288 g/mol. The van der Waals surface area contributed by atoms with Crippen LogP contribution in [-0.2, 0) is 4.79 Å². The Morgan fingerprint density at radius 3 is 2.59 bits per heavy atom. The van der Waals surface area contributed by atoms with Gasteiger partial charge in [0.15, 0.2) is 11.5 Å². The standard InChI is InChI=1S/C15H20N2O5/c1-21-12-7-6-10(9-13(12)22-2)14(18)16-17-8-4-3-5-11(17)15(19)20/h6-7,9,11H,3-5,8H2,1-2H3,(H,16,18)(H,19,20). The number of hydrazine groups is 1. The number of nitrogens with zero attached hydrogens (tertiary/aromatic N) is 1. The van der Waals surface area contributed by atoms with Crippen LogP contribution < -0.4 is 14.9 Å². The normalized spacial score (nSPS) is 18.5. The number of nitrogens with one attached hydrogen (secondary N) is 1. The predicted molar refractivity (Wildman–Crippen MR) is 79.0 cm³/mol. The molecular formula is C15H20N2O5. The van der Waals surface area contributed by atoms with Gasteiger partial charge in [0.2, 0.25) is 0 Å². The number of aliphatic carboxylic acids is 1. The number of carboxylic acid groups (broad SMARTS) is 1. The molecule has 0 saturated carbocycles. The van der Waals surface area contributed by atoms with Gasteiger partial charge in [0.05, 0.1) is 14.2 Å². The molecule has 2 N–H and O–H groups in total. The largest absolute Gasteiger partial charge is 0.493 e. The van der Waals surface area contributed by atoms with E-state index in [1.807, 2.05) is 0 Å². The van der Waals surface area contributed by atoms with Gasteiger partial charge in [-0.1, -0.05) is 0 Å². The van der Waals surface area contributed by atoms with Crippen LogP contribution in [0.3, 0.4) is 0 Å². The van der Waals surface area contributed by atoms with Crippen molar-refractivity contribution in [1.82, 2.24) is 10.4 Å². The predicted octanol–water partition coefficient (Wildman–Crippen LogP) is 1.29. The molecule has 0 aliphatic carbocycles. The highest BCUT2D eigenvalue weighted by Crippen LogP contribution is 2.27. The molecule has 0 aromatic heterocycles. The van der Waals surface area contributed by atoms with Crippen molar-refractivity contribution in [3.63, 3.8) is 0 Å². The number of carboxylic acids is 1. The molecule has 7 heteroatoms. The summed E-state index contributed by atoms with van der Waals surface area (Å²) in [6.45, 7) is 0.524. The van der Waals surface area contributed by atoms with Crippen molar-refractivity contribution in [2.75, 3.05) is 20.8 Å². The first-order valence-electron chi connectivity index (χ1n) is 7.09. The van der Waals surface area contributed by atoms with E-state index in [1.165, 1.54) is 19.2 Å². The maximum absolute atomic E-state index is 12.3. The molecule has 120 valence electrons. The van der Waals surface area contributed by atoms with E-state index >= 15 is 0 Å². The van der Waals surface area contributed by atoms with Gasteiger partial charge in [-0.15, -0.1) is 0 Å². The van der Waals surface area contributed by atoms with Crippen LogP contribution in [0, 0.1) is 0 Å². The Morgan fingerprint density at radius 1 is 1.23 bits per heavy atom. The van der Waals surface area contributed by atoms with E-state index in [4.69, 9.17) is 9.47 Å². The number of carbonyl (C=O) groups is 2. The topological polar surface area (TPSA) is 88.1 Å². The molecule has 1 saturated heterocycles.